The Morgan fingerprint density at radius 1 is 0.933 bits per heavy atom. The highest BCUT2D eigenvalue weighted by molar-refractivity contribution is 5.36. The quantitative estimate of drug-likeness (QED) is 0.639. The number of nitriles is 2. The van der Waals surface area contributed by atoms with Crippen molar-refractivity contribution in [1.82, 2.24) is 9.80 Å². The normalized spacial score (nSPS) is 14.8. The highest BCUT2D eigenvalue weighted by atomic mass is 16.5. The molecule has 0 aliphatic carbocycles. The Labute approximate surface area is 178 Å². The van der Waals surface area contributed by atoms with E-state index in [2.05, 4.69) is 29.0 Å². The van der Waals surface area contributed by atoms with Gasteiger partial charge in [-0.25, -0.2) is 0 Å². The van der Waals surface area contributed by atoms with Crippen LogP contribution in [0.3, 0.4) is 0 Å². The lowest BCUT2D eigenvalue weighted by atomic mass is 10.0. The molecule has 0 amide bonds. The first kappa shape index (κ1) is 21.6. The Morgan fingerprint density at radius 3 is 2.07 bits per heavy atom. The van der Waals surface area contributed by atoms with Crippen LogP contribution < -0.4 is 9.47 Å². The monoisotopic (exact) mass is 404 g/mol. The van der Waals surface area contributed by atoms with Gasteiger partial charge in [-0.15, -0.1) is 0 Å². The number of likely N-dealkylation sites (tertiary alicyclic amines) is 1. The van der Waals surface area contributed by atoms with Crippen molar-refractivity contribution in [3.63, 3.8) is 0 Å². The first-order chi connectivity index (χ1) is 14.7. The molecule has 0 bridgehead atoms. The zero-order chi connectivity index (χ0) is 21.2. The van der Waals surface area contributed by atoms with Crippen LogP contribution >= 0.6 is 0 Å². The maximum absolute atomic E-state index is 8.96. The molecule has 1 aliphatic rings. The van der Waals surface area contributed by atoms with Crippen LogP contribution in [-0.2, 0) is 0 Å². The van der Waals surface area contributed by atoms with Gasteiger partial charge in [-0.1, -0.05) is 12.1 Å². The smallest absolute Gasteiger partial charge is 0.120 e. The maximum Gasteiger partial charge on any atom is 0.120 e. The summed E-state index contributed by atoms with van der Waals surface area (Å²) >= 11 is 0. The lowest BCUT2D eigenvalue weighted by Gasteiger charge is -2.36. The van der Waals surface area contributed by atoms with Gasteiger partial charge >= 0.3 is 0 Å². The molecule has 1 fully saturated rings. The van der Waals surface area contributed by atoms with Gasteiger partial charge in [0.25, 0.3) is 0 Å². The molecule has 3 rings (SSSR count). The molecule has 156 valence electrons. The fourth-order valence-electron chi connectivity index (χ4n) is 3.68. The first-order valence-corrected chi connectivity index (χ1v) is 10.4. The Bertz CT molecular complexity index is 895. The maximum atomic E-state index is 8.96. The first-order valence-electron chi connectivity index (χ1n) is 10.4. The predicted octanol–water partition coefficient (Wildman–Crippen LogP) is 3.28. The van der Waals surface area contributed by atoms with Gasteiger partial charge in [0.05, 0.1) is 23.3 Å². The second-order valence-corrected chi connectivity index (χ2v) is 7.53. The van der Waals surface area contributed by atoms with Crippen molar-refractivity contribution in [2.75, 3.05) is 46.4 Å². The molecule has 0 N–H and O–H groups in total. The average molecular weight is 405 g/mol. The molecule has 0 spiro atoms. The summed E-state index contributed by atoms with van der Waals surface area (Å²) in [6.07, 6.45) is 2.26. The van der Waals surface area contributed by atoms with E-state index in [1.165, 1.54) is 0 Å². The number of piperidine rings is 1. The average Bonchev–Trinajstić information content (AvgIpc) is 2.80. The van der Waals surface area contributed by atoms with Gasteiger partial charge in [0.15, 0.2) is 0 Å². The molecule has 0 aromatic heterocycles. The van der Waals surface area contributed by atoms with Gasteiger partial charge in [-0.2, -0.15) is 10.5 Å². The van der Waals surface area contributed by atoms with Crippen LogP contribution in [0.15, 0.2) is 48.5 Å². The molecule has 1 heterocycles. The van der Waals surface area contributed by atoms with Gasteiger partial charge < -0.3 is 9.47 Å². The Morgan fingerprint density at radius 2 is 1.50 bits per heavy atom. The van der Waals surface area contributed by atoms with Crippen LogP contribution in [0.25, 0.3) is 0 Å². The van der Waals surface area contributed by atoms with Crippen molar-refractivity contribution in [1.29, 1.82) is 10.5 Å². The summed E-state index contributed by atoms with van der Waals surface area (Å²) in [6.45, 7) is 5.11. The van der Waals surface area contributed by atoms with Crippen LogP contribution in [0.2, 0.25) is 0 Å². The van der Waals surface area contributed by atoms with Crippen molar-refractivity contribution in [3.05, 3.63) is 59.7 Å². The van der Waals surface area contributed by atoms with Crippen LogP contribution in [0, 0.1) is 22.7 Å². The molecule has 6 heteroatoms. The Balaban J connectivity index is 1.32. The van der Waals surface area contributed by atoms with Crippen molar-refractivity contribution in [2.45, 2.75) is 18.9 Å². The standard InChI is InChI=1S/C24H28N4O2/c1-27(12-14-29-23-6-2-4-20(16-23)18-25)22-8-10-28(11-9-22)13-15-30-24-7-3-5-21(17-24)19-26/h2-7,16-17,22H,8-15H2,1H3. The number of ether oxygens (including phenoxy) is 2. The van der Waals surface area contributed by atoms with Gasteiger partial charge in [-0.3, -0.25) is 9.80 Å². The van der Waals surface area contributed by atoms with Gasteiger partial charge in [0.1, 0.15) is 24.7 Å². The molecular weight excluding hydrogens is 376 g/mol. The predicted molar refractivity (Wildman–Crippen MR) is 115 cm³/mol. The fourth-order valence-corrected chi connectivity index (χ4v) is 3.68. The third kappa shape index (κ3) is 6.49. The Hall–Kier alpha value is -3.06. The summed E-state index contributed by atoms with van der Waals surface area (Å²) in [5.74, 6) is 1.50. The Kier molecular flexibility index (Phi) is 8.09. The van der Waals surface area contributed by atoms with Gasteiger partial charge in [-0.05, 0) is 69.4 Å². The van der Waals surface area contributed by atoms with E-state index in [-0.39, 0.29) is 0 Å². The largest absolute Gasteiger partial charge is 0.492 e. The van der Waals surface area contributed by atoms with E-state index >= 15 is 0 Å². The lowest BCUT2D eigenvalue weighted by Crippen LogP contribution is -2.45. The molecule has 30 heavy (non-hydrogen) atoms. The molecule has 0 saturated carbocycles. The molecule has 6 nitrogen and oxygen atoms in total. The minimum absolute atomic E-state index is 0.559. The van der Waals surface area contributed by atoms with E-state index in [9.17, 15) is 0 Å². The summed E-state index contributed by atoms with van der Waals surface area (Å²) in [7, 11) is 2.15. The molecule has 0 unspecified atom stereocenters. The van der Waals surface area contributed by atoms with Crippen molar-refractivity contribution < 1.29 is 9.47 Å². The van der Waals surface area contributed by atoms with E-state index in [4.69, 9.17) is 20.0 Å². The van der Waals surface area contributed by atoms with Crippen LogP contribution in [0.5, 0.6) is 11.5 Å². The lowest BCUT2D eigenvalue weighted by molar-refractivity contribution is 0.105. The van der Waals surface area contributed by atoms with Gasteiger partial charge in [0, 0.05) is 19.1 Å². The molecule has 0 radical (unpaired) electrons. The second kappa shape index (κ2) is 11.2. The highest BCUT2D eigenvalue weighted by Crippen LogP contribution is 2.17. The molecule has 1 aliphatic heterocycles. The zero-order valence-electron chi connectivity index (χ0n) is 17.5. The topological polar surface area (TPSA) is 72.5 Å². The van der Waals surface area contributed by atoms with Crippen molar-refractivity contribution in [2.24, 2.45) is 0 Å². The molecule has 2 aromatic rings. The molecule has 0 atom stereocenters. The van der Waals surface area contributed by atoms with Gasteiger partial charge in [0.2, 0.25) is 0 Å². The van der Waals surface area contributed by atoms with E-state index in [1.54, 1.807) is 24.3 Å². The second-order valence-electron chi connectivity index (χ2n) is 7.53. The molecular formula is C24H28N4O2. The number of benzene rings is 2. The number of likely N-dealkylation sites (N-methyl/N-ethyl adjacent to an activating group) is 1. The zero-order valence-corrected chi connectivity index (χ0v) is 17.5. The SMILES string of the molecule is CN(CCOc1cccc(C#N)c1)C1CCN(CCOc2cccc(C#N)c2)CC1. The van der Waals surface area contributed by atoms with Crippen molar-refractivity contribution >= 4 is 0 Å². The molecule has 1 saturated heterocycles. The van der Waals surface area contributed by atoms with E-state index in [0.717, 1.165) is 50.5 Å². The third-order valence-electron chi connectivity index (χ3n) is 5.50. The highest BCUT2D eigenvalue weighted by Gasteiger charge is 2.22. The summed E-state index contributed by atoms with van der Waals surface area (Å²) in [6, 6.07) is 19.4. The van der Waals surface area contributed by atoms with Crippen molar-refractivity contribution in [3.8, 4) is 23.6 Å². The summed E-state index contributed by atoms with van der Waals surface area (Å²) in [4.78, 5) is 4.80. The number of rotatable bonds is 9. The van der Waals surface area contributed by atoms with E-state index in [1.807, 2.05) is 24.3 Å². The summed E-state index contributed by atoms with van der Waals surface area (Å²) in [5, 5.41) is 17.9. The van der Waals surface area contributed by atoms with E-state index in [0.29, 0.717) is 30.4 Å². The van der Waals surface area contributed by atoms with Crippen LogP contribution in [0.1, 0.15) is 24.0 Å². The minimum Gasteiger partial charge on any atom is -0.492 e. The third-order valence-corrected chi connectivity index (χ3v) is 5.50. The summed E-state index contributed by atoms with van der Waals surface area (Å²) in [5.41, 5.74) is 1.24. The van der Waals surface area contributed by atoms with E-state index < -0.39 is 0 Å². The molecule has 2 aromatic carbocycles. The summed E-state index contributed by atoms with van der Waals surface area (Å²) < 4.78 is 11.6. The number of hydrogen-bond acceptors (Lipinski definition) is 6. The van der Waals surface area contributed by atoms with Crippen LogP contribution in [0.4, 0.5) is 0 Å². The number of hydrogen-bond donors (Lipinski definition) is 0. The minimum atomic E-state index is 0.559. The van der Waals surface area contributed by atoms with Crippen LogP contribution in [-0.4, -0.2) is 62.3 Å². The fraction of sp³-hybridized carbons (Fsp3) is 0.417. The number of nitrogens with zero attached hydrogens (tertiary/aromatic N) is 4.